The Labute approximate surface area is 76.5 Å². The second-order valence-electron chi connectivity index (χ2n) is 2.25. The summed E-state index contributed by atoms with van der Waals surface area (Å²) in [5.41, 5.74) is 0. The van der Waals surface area contributed by atoms with E-state index in [0.29, 0.717) is 11.0 Å². The van der Waals surface area contributed by atoms with E-state index in [1.165, 1.54) is 0 Å². The molecule has 2 unspecified atom stereocenters. The van der Waals surface area contributed by atoms with Gasteiger partial charge in [-0.15, -0.1) is 11.6 Å². The SMILES string of the molecule is CC(CCO)SCC(Cl)C#N. The molecular formula is C7H12ClNOS. The Bertz CT molecular complexity index is 137. The zero-order chi connectivity index (χ0) is 8.69. The highest BCUT2D eigenvalue weighted by molar-refractivity contribution is 7.99. The number of nitrogens with zero attached hydrogens (tertiary/aromatic N) is 1. The quantitative estimate of drug-likeness (QED) is 0.675. The standard InChI is InChI=1S/C7H12ClNOS/c1-6(2-3-10)11-5-7(8)4-9/h6-7,10H,2-3,5H2,1H3. The minimum atomic E-state index is -0.402. The molecule has 0 aromatic carbocycles. The first-order valence-corrected chi connectivity index (χ1v) is 4.95. The summed E-state index contributed by atoms with van der Waals surface area (Å²) in [5, 5.41) is 16.9. The zero-order valence-electron chi connectivity index (χ0n) is 6.46. The molecule has 0 fully saturated rings. The summed E-state index contributed by atoms with van der Waals surface area (Å²) >= 11 is 7.18. The third kappa shape index (κ3) is 6.49. The molecule has 64 valence electrons. The first kappa shape index (κ1) is 11.1. The molecule has 4 heteroatoms. The van der Waals surface area contributed by atoms with Crippen LogP contribution in [-0.4, -0.2) is 28.1 Å². The van der Waals surface area contributed by atoms with Crippen LogP contribution < -0.4 is 0 Å². The molecule has 0 rings (SSSR count). The molecule has 0 aromatic heterocycles. The topological polar surface area (TPSA) is 44.0 Å². The van der Waals surface area contributed by atoms with Gasteiger partial charge in [-0.1, -0.05) is 6.92 Å². The first-order chi connectivity index (χ1) is 5.20. The Balaban J connectivity index is 3.31. The van der Waals surface area contributed by atoms with Crippen molar-refractivity contribution >= 4 is 23.4 Å². The van der Waals surface area contributed by atoms with Crippen LogP contribution in [0.25, 0.3) is 0 Å². The lowest BCUT2D eigenvalue weighted by Crippen LogP contribution is -2.05. The summed E-state index contributed by atoms with van der Waals surface area (Å²) in [6.45, 7) is 2.22. The number of aliphatic hydroxyl groups is 1. The van der Waals surface area contributed by atoms with Crippen molar-refractivity contribution in [3.63, 3.8) is 0 Å². The second-order valence-corrected chi connectivity index (χ2v) is 4.25. The third-order valence-electron chi connectivity index (χ3n) is 1.20. The molecule has 0 saturated heterocycles. The first-order valence-electron chi connectivity index (χ1n) is 3.46. The van der Waals surface area contributed by atoms with Gasteiger partial charge in [0.1, 0.15) is 5.38 Å². The molecule has 0 heterocycles. The largest absolute Gasteiger partial charge is 0.396 e. The third-order valence-corrected chi connectivity index (χ3v) is 2.97. The Morgan fingerprint density at radius 1 is 1.73 bits per heavy atom. The maximum absolute atomic E-state index is 8.55. The normalized spacial score (nSPS) is 15.5. The van der Waals surface area contributed by atoms with Gasteiger partial charge in [-0.2, -0.15) is 17.0 Å². The predicted octanol–water partition coefficient (Wildman–Crippen LogP) is 1.62. The van der Waals surface area contributed by atoms with Crippen LogP contribution in [0, 0.1) is 11.3 Å². The lowest BCUT2D eigenvalue weighted by molar-refractivity contribution is 0.289. The molecule has 1 N–H and O–H groups in total. The monoisotopic (exact) mass is 193 g/mol. The van der Waals surface area contributed by atoms with Crippen molar-refractivity contribution in [3.8, 4) is 6.07 Å². The number of aliphatic hydroxyl groups excluding tert-OH is 1. The Morgan fingerprint density at radius 2 is 2.36 bits per heavy atom. The summed E-state index contributed by atoms with van der Waals surface area (Å²) in [4.78, 5) is 0. The van der Waals surface area contributed by atoms with E-state index in [4.69, 9.17) is 22.0 Å². The van der Waals surface area contributed by atoms with E-state index in [-0.39, 0.29) is 6.61 Å². The minimum Gasteiger partial charge on any atom is -0.396 e. The van der Waals surface area contributed by atoms with Crippen LogP contribution in [0.3, 0.4) is 0 Å². The van der Waals surface area contributed by atoms with Gasteiger partial charge in [-0.3, -0.25) is 0 Å². The van der Waals surface area contributed by atoms with Gasteiger partial charge < -0.3 is 5.11 Å². The predicted molar refractivity (Wildman–Crippen MR) is 48.9 cm³/mol. The van der Waals surface area contributed by atoms with Gasteiger partial charge in [0.05, 0.1) is 6.07 Å². The summed E-state index contributed by atoms with van der Waals surface area (Å²) in [6.07, 6.45) is 0.764. The van der Waals surface area contributed by atoms with Gasteiger partial charge in [0.15, 0.2) is 0 Å². The van der Waals surface area contributed by atoms with Crippen LogP contribution in [-0.2, 0) is 0 Å². The molecule has 0 bridgehead atoms. The van der Waals surface area contributed by atoms with Crippen LogP contribution in [0.5, 0.6) is 0 Å². The van der Waals surface area contributed by atoms with Gasteiger partial charge in [-0.25, -0.2) is 0 Å². The van der Waals surface area contributed by atoms with Crippen LogP contribution in [0.15, 0.2) is 0 Å². The van der Waals surface area contributed by atoms with Crippen molar-refractivity contribution in [3.05, 3.63) is 0 Å². The molecule has 2 atom stereocenters. The molecule has 0 aliphatic heterocycles. The molecule has 0 aliphatic carbocycles. The summed E-state index contributed by atoms with van der Waals surface area (Å²) in [7, 11) is 0. The molecule has 0 aromatic rings. The molecular weight excluding hydrogens is 182 g/mol. The summed E-state index contributed by atoms with van der Waals surface area (Å²) in [6, 6.07) is 1.94. The van der Waals surface area contributed by atoms with E-state index in [9.17, 15) is 0 Å². The fraction of sp³-hybridized carbons (Fsp3) is 0.857. The van der Waals surface area contributed by atoms with E-state index in [1.807, 2.05) is 13.0 Å². The Hall–Kier alpha value is 0.0900. The van der Waals surface area contributed by atoms with Crippen molar-refractivity contribution in [2.75, 3.05) is 12.4 Å². The maximum atomic E-state index is 8.55. The van der Waals surface area contributed by atoms with E-state index in [2.05, 4.69) is 0 Å². The average Bonchev–Trinajstić information content (AvgIpc) is 2.01. The van der Waals surface area contributed by atoms with E-state index >= 15 is 0 Å². The van der Waals surface area contributed by atoms with Crippen molar-refractivity contribution < 1.29 is 5.11 Å². The lowest BCUT2D eigenvalue weighted by Gasteiger charge is -2.08. The number of nitriles is 1. The molecule has 11 heavy (non-hydrogen) atoms. The van der Waals surface area contributed by atoms with Crippen LogP contribution in [0.4, 0.5) is 0 Å². The molecule has 0 aliphatic rings. The van der Waals surface area contributed by atoms with Crippen molar-refractivity contribution in [2.45, 2.75) is 24.0 Å². The van der Waals surface area contributed by atoms with Gasteiger partial charge in [0.2, 0.25) is 0 Å². The maximum Gasteiger partial charge on any atom is 0.129 e. The fourth-order valence-corrected chi connectivity index (χ4v) is 1.61. The van der Waals surface area contributed by atoms with Crippen molar-refractivity contribution in [1.82, 2.24) is 0 Å². The molecule has 2 nitrogen and oxygen atoms in total. The van der Waals surface area contributed by atoms with Gasteiger partial charge in [-0.05, 0) is 6.42 Å². The molecule has 0 amide bonds. The average molecular weight is 194 g/mol. The van der Waals surface area contributed by atoms with E-state index in [0.717, 1.165) is 6.42 Å². The molecule has 0 saturated carbocycles. The van der Waals surface area contributed by atoms with Gasteiger partial charge >= 0.3 is 0 Å². The number of halogens is 1. The summed E-state index contributed by atoms with van der Waals surface area (Å²) in [5.74, 6) is 0.638. The highest BCUT2D eigenvalue weighted by atomic mass is 35.5. The van der Waals surface area contributed by atoms with E-state index < -0.39 is 5.38 Å². The highest BCUT2D eigenvalue weighted by Crippen LogP contribution is 2.16. The smallest absolute Gasteiger partial charge is 0.129 e. The van der Waals surface area contributed by atoms with Gasteiger partial charge in [0.25, 0.3) is 0 Å². The zero-order valence-corrected chi connectivity index (χ0v) is 8.03. The Morgan fingerprint density at radius 3 is 2.82 bits per heavy atom. The van der Waals surface area contributed by atoms with Crippen LogP contribution in [0.1, 0.15) is 13.3 Å². The van der Waals surface area contributed by atoms with E-state index in [1.54, 1.807) is 11.8 Å². The fourth-order valence-electron chi connectivity index (χ4n) is 0.551. The van der Waals surface area contributed by atoms with Gasteiger partial charge in [0, 0.05) is 17.6 Å². The van der Waals surface area contributed by atoms with Crippen molar-refractivity contribution in [2.24, 2.45) is 0 Å². The molecule has 0 radical (unpaired) electrons. The molecule has 0 spiro atoms. The number of hydrogen-bond donors (Lipinski definition) is 1. The lowest BCUT2D eigenvalue weighted by atomic mass is 10.3. The number of alkyl halides is 1. The highest BCUT2D eigenvalue weighted by Gasteiger charge is 2.06. The number of hydrogen-bond acceptors (Lipinski definition) is 3. The minimum absolute atomic E-state index is 0.202. The van der Waals surface area contributed by atoms with Crippen LogP contribution in [0.2, 0.25) is 0 Å². The summed E-state index contributed by atoms with van der Waals surface area (Å²) < 4.78 is 0. The number of thioether (sulfide) groups is 1. The second kappa shape index (κ2) is 6.78. The van der Waals surface area contributed by atoms with Crippen LogP contribution >= 0.6 is 23.4 Å². The number of rotatable bonds is 5. The Kier molecular flexibility index (Phi) is 6.83. The van der Waals surface area contributed by atoms with Crippen molar-refractivity contribution in [1.29, 1.82) is 5.26 Å².